The van der Waals surface area contributed by atoms with Crippen molar-refractivity contribution in [1.82, 2.24) is 14.7 Å². The van der Waals surface area contributed by atoms with E-state index in [2.05, 4.69) is 28.5 Å². The van der Waals surface area contributed by atoms with Crippen LogP contribution in [0.5, 0.6) is 0 Å². The first-order valence-corrected chi connectivity index (χ1v) is 9.37. The van der Waals surface area contributed by atoms with Crippen LogP contribution in [0.25, 0.3) is 5.57 Å². The zero-order chi connectivity index (χ0) is 17.1. The molecule has 5 nitrogen and oxygen atoms in total. The highest BCUT2D eigenvalue weighted by atomic mass is 32.1. The maximum Gasteiger partial charge on any atom is 0.228 e. The molecule has 0 radical (unpaired) electrons. The standard InChI is InChI=1S/C18H25N3O2S/c1-19(2)9-10-21-13-15(12-17(21)22)18(23)20-7-5-14(6-8-20)16-4-3-11-24-16/h3-5,11,15H,6-10,12-13H2,1-2H3/t15-/m0/s1. The smallest absolute Gasteiger partial charge is 0.228 e. The fourth-order valence-corrected chi connectivity index (χ4v) is 4.08. The summed E-state index contributed by atoms with van der Waals surface area (Å²) in [6.45, 7) is 3.53. The number of likely N-dealkylation sites (tertiary alicyclic amines) is 1. The molecule has 3 heterocycles. The first-order chi connectivity index (χ1) is 11.5. The molecular formula is C18H25N3O2S. The Balaban J connectivity index is 1.55. The number of carbonyl (C=O) groups is 2. The van der Waals surface area contributed by atoms with Gasteiger partial charge in [-0.3, -0.25) is 9.59 Å². The largest absolute Gasteiger partial charge is 0.341 e. The highest BCUT2D eigenvalue weighted by Crippen LogP contribution is 2.28. The molecular weight excluding hydrogens is 322 g/mol. The Morgan fingerprint density at radius 1 is 1.42 bits per heavy atom. The summed E-state index contributed by atoms with van der Waals surface area (Å²) in [7, 11) is 3.99. The number of hydrogen-bond donors (Lipinski definition) is 0. The van der Waals surface area contributed by atoms with E-state index in [0.717, 1.165) is 19.5 Å². The summed E-state index contributed by atoms with van der Waals surface area (Å²) in [5.74, 6) is 0.0792. The third kappa shape index (κ3) is 3.87. The van der Waals surface area contributed by atoms with Crippen LogP contribution in [0.3, 0.4) is 0 Å². The molecule has 1 fully saturated rings. The van der Waals surface area contributed by atoms with Gasteiger partial charge in [0.05, 0.1) is 5.92 Å². The molecule has 2 amide bonds. The highest BCUT2D eigenvalue weighted by Gasteiger charge is 2.36. The van der Waals surface area contributed by atoms with Crippen LogP contribution in [0.15, 0.2) is 23.6 Å². The summed E-state index contributed by atoms with van der Waals surface area (Å²) in [4.78, 5) is 31.9. The van der Waals surface area contributed by atoms with Crippen LogP contribution in [-0.2, 0) is 9.59 Å². The van der Waals surface area contributed by atoms with Gasteiger partial charge in [-0.1, -0.05) is 12.1 Å². The van der Waals surface area contributed by atoms with Crippen molar-refractivity contribution < 1.29 is 9.59 Å². The summed E-state index contributed by atoms with van der Waals surface area (Å²) < 4.78 is 0. The van der Waals surface area contributed by atoms with Crippen LogP contribution in [0.1, 0.15) is 17.7 Å². The lowest BCUT2D eigenvalue weighted by Gasteiger charge is -2.28. The number of likely N-dealkylation sites (N-methyl/N-ethyl adjacent to an activating group) is 1. The van der Waals surface area contributed by atoms with Crippen molar-refractivity contribution in [2.24, 2.45) is 5.92 Å². The van der Waals surface area contributed by atoms with Gasteiger partial charge in [0.25, 0.3) is 0 Å². The summed E-state index contributed by atoms with van der Waals surface area (Å²) in [5, 5.41) is 2.08. The van der Waals surface area contributed by atoms with Crippen molar-refractivity contribution in [2.45, 2.75) is 12.8 Å². The molecule has 6 heteroatoms. The summed E-state index contributed by atoms with van der Waals surface area (Å²) in [6, 6.07) is 4.19. The fraction of sp³-hybridized carbons (Fsp3) is 0.556. The van der Waals surface area contributed by atoms with Gasteiger partial charge < -0.3 is 14.7 Å². The zero-order valence-corrected chi connectivity index (χ0v) is 15.2. The van der Waals surface area contributed by atoms with Gasteiger partial charge in [-0.2, -0.15) is 0 Å². The van der Waals surface area contributed by atoms with Crippen LogP contribution in [0, 0.1) is 5.92 Å². The predicted molar refractivity (Wildman–Crippen MR) is 96.7 cm³/mol. The minimum atomic E-state index is -0.170. The first-order valence-electron chi connectivity index (χ1n) is 8.49. The van der Waals surface area contributed by atoms with Gasteiger partial charge in [-0.15, -0.1) is 11.3 Å². The second-order valence-corrected chi connectivity index (χ2v) is 7.73. The van der Waals surface area contributed by atoms with E-state index < -0.39 is 0 Å². The summed E-state index contributed by atoms with van der Waals surface area (Å²) >= 11 is 1.75. The van der Waals surface area contributed by atoms with Gasteiger partial charge in [0.1, 0.15) is 0 Å². The second kappa shape index (κ2) is 7.49. The van der Waals surface area contributed by atoms with E-state index in [9.17, 15) is 9.59 Å². The quantitative estimate of drug-likeness (QED) is 0.815. The fourth-order valence-electron chi connectivity index (χ4n) is 3.29. The van der Waals surface area contributed by atoms with Gasteiger partial charge in [0.2, 0.25) is 11.8 Å². The molecule has 3 rings (SSSR count). The van der Waals surface area contributed by atoms with E-state index in [4.69, 9.17) is 0 Å². The normalized spacial score (nSPS) is 21.5. The van der Waals surface area contributed by atoms with Crippen LogP contribution in [0.2, 0.25) is 0 Å². The molecule has 1 aromatic rings. The SMILES string of the molecule is CN(C)CCN1C[C@@H](C(=O)N2CC=C(c3cccs3)CC2)CC1=O. The monoisotopic (exact) mass is 347 g/mol. The Morgan fingerprint density at radius 2 is 2.25 bits per heavy atom. The van der Waals surface area contributed by atoms with Crippen molar-refractivity contribution in [3.8, 4) is 0 Å². The Kier molecular flexibility index (Phi) is 5.36. The maximum absolute atomic E-state index is 12.7. The molecule has 0 bridgehead atoms. The first kappa shape index (κ1) is 17.2. The van der Waals surface area contributed by atoms with Crippen molar-refractivity contribution in [1.29, 1.82) is 0 Å². The zero-order valence-electron chi connectivity index (χ0n) is 14.4. The minimum absolute atomic E-state index is 0.113. The Hall–Kier alpha value is -1.66. The molecule has 130 valence electrons. The van der Waals surface area contributed by atoms with Crippen molar-refractivity contribution in [3.63, 3.8) is 0 Å². The molecule has 1 atom stereocenters. The average molecular weight is 347 g/mol. The van der Waals surface area contributed by atoms with Crippen LogP contribution < -0.4 is 0 Å². The Morgan fingerprint density at radius 3 is 2.88 bits per heavy atom. The topological polar surface area (TPSA) is 43.9 Å². The van der Waals surface area contributed by atoms with Gasteiger partial charge in [0, 0.05) is 44.0 Å². The van der Waals surface area contributed by atoms with Crippen molar-refractivity contribution in [2.75, 3.05) is 46.8 Å². The summed E-state index contributed by atoms with van der Waals surface area (Å²) in [5.41, 5.74) is 1.34. The maximum atomic E-state index is 12.7. The van der Waals surface area contributed by atoms with E-state index in [1.165, 1.54) is 10.5 Å². The van der Waals surface area contributed by atoms with Crippen LogP contribution >= 0.6 is 11.3 Å². The van der Waals surface area contributed by atoms with Crippen molar-refractivity contribution in [3.05, 3.63) is 28.5 Å². The van der Waals surface area contributed by atoms with E-state index in [0.29, 0.717) is 26.1 Å². The highest BCUT2D eigenvalue weighted by molar-refractivity contribution is 7.11. The Bertz CT molecular complexity index is 624. The molecule has 0 unspecified atom stereocenters. The Labute approximate surface area is 147 Å². The second-order valence-electron chi connectivity index (χ2n) is 6.78. The van der Waals surface area contributed by atoms with E-state index in [1.807, 2.05) is 23.9 Å². The molecule has 24 heavy (non-hydrogen) atoms. The summed E-state index contributed by atoms with van der Waals surface area (Å²) in [6.07, 6.45) is 3.43. The number of amides is 2. The molecule has 0 saturated carbocycles. The lowest BCUT2D eigenvalue weighted by Crippen LogP contribution is -2.40. The molecule has 0 aliphatic carbocycles. The number of carbonyl (C=O) groups excluding carboxylic acids is 2. The van der Waals surface area contributed by atoms with E-state index in [-0.39, 0.29) is 17.7 Å². The third-order valence-corrected chi connectivity index (χ3v) is 5.68. The third-order valence-electron chi connectivity index (χ3n) is 4.74. The predicted octanol–water partition coefficient (Wildman–Crippen LogP) is 1.77. The number of nitrogens with zero attached hydrogens (tertiary/aromatic N) is 3. The van der Waals surface area contributed by atoms with Gasteiger partial charge in [-0.25, -0.2) is 0 Å². The van der Waals surface area contributed by atoms with Crippen LogP contribution in [0.4, 0.5) is 0 Å². The van der Waals surface area contributed by atoms with Gasteiger partial charge in [0.15, 0.2) is 0 Å². The number of hydrogen-bond acceptors (Lipinski definition) is 4. The number of rotatable bonds is 5. The molecule has 0 aromatic carbocycles. The van der Waals surface area contributed by atoms with E-state index in [1.54, 1.807) is 11.3 Å². The minimum Gasteiger partial charge on any atom is -0.341 e. The lowest BCUT2D eigenvalue weighted by atomic mass is 10.0. The van der Waals surface area contributed by atoms with Gasteiger partial charge >= 0.3 is 0 Å². The molecule has 2 aliphatic rings. The molecule has 0 spiro atoms. The average Bonchev–Trinajstić information content (AvgIpc) is 3.22. The van der Waals surface area contributed by atoms with Crippen molar-refractivity contribution >= 4 is 28.7 Å². The molecule has 1 aromatic heterocycles. The molecule has 1 saturated heterocycles. The van der Waals surface area contributed by atoms with Gasteiger partial charge in [-0.05, 0) is 37.5 Å². The lowest BCUT2D eigenvalue weighted by molar-refractivity contribution is -0.135. The number of thiophene rings is 1. The van der Waals surface area contributed by atoms with E-state index >= 15 is 0 Å². The molecule has 2 aliphatic heterocycles. The van der Waals surface area contributed by atoms with Crippen LogP contribution in [-0.4, -0.2) is 73.3 Å². The molecule has 0 N–H and O–H groups in total.